The van der Waals surface area contributed by atoms with Crippen molar-refractivity contribution < 1.29 is 4.74 Å². The standard InChI is InChI=1S/C13H17NOS/c1-9(2)15-7-12(14)11-8-16-13-6-4-3-5-10(11)13/h3-6,8-9,12H,7,14H2,1-2H3. The number of benzene rings is 1. The van der Waals surface area contributed by atoms with Gasteiger partial charge in [-0.3, -0.25) is 0 Å². The summed E-state index contributed by atoms with van der Waals surface area (Å²) in [5, 5.41) is 3.39. The summed E-state index contributed by atoms with van der Waals surface area (Å²) in [6.07, 6.45) is 0.232. The van der Waals surface area contributed by atoms with Crippen LogP contribution in [0.15, 0.2) is 29.6 Å². The van der Waals surface area contributed by atoms with E-state index in [1.165, 1.54) is 15.6 Å². The minimum Gasteiger partial charge on any atom is -0.377 e. The molecule has 1 heterocycles. The smallest absolute Gasteiger partial charge is 0.0663 e. The second-order valence-corrected chi connectivity index (χ2v) is 5.09. The molecule has 0 saturated heterocycles. The molecule has 0 fully saturated rings. The van der Waals surface area contributed by atoms with E-state index >= 15 is 0 Å². The topological polar surface area (TPSA) is 35.2 Å². The van der Waals surface area contributed by atoms with Crippen molar-refractivity contribution in [1.82, 2.24) is 0 Å². The van der Waals surface area contributed by atoms with E-state index in [0.29, 0.717) is 6.61 Å². The van der Waals surface area contributed by atoms with Crippen LogP contribution in [-0.2, 0) is 4.74 Å². The van der Waals surface area contributed by atoms with Crippen molar-refractivity contribution in [2.75, 3.05) is 6.61 Å². The molecular formula is C13H17NOS. The Bertz CT molecular complexity index is 464. The largest absolute Gasteiger partial charge is 0.377 e. The molecule has 3 heteroatoms. The number of hydrogen-bond donors (Lipinski definition) is 1. The third kappa shape index (κ3) is 2.43. The summed E-state index contributed by atoms with van der Waals surface area (Å²) in [5.41, 5.74) is 7.33. The molecule has 0 aliphatic carbocycles. The maximum atomic E-state index is 6.14. The number of hydrogen-bond acceptors (Lipinski definition) is 3. The van der Waals surface area contributed by atoms with Crippen LogP contribution in [0, 0.1) is 0 Å². The summed E-state index contributed by atoms with van der Waals surface area (Å²) >= 11 is 1.74. The van der Waals surface area contributed by atoms with Crippen LogP contribution >= 0.6 is 11.3 Å². The molecular weight excluding hydrogens is 218 g/mol. The van der Waals surface area contributed by atoms with Crippen molar-refractivity contribution in [2.45, 2.75) is 26.0 Å². The van der Waals surface area contributed by atoms with Gasteiger partial charge in [0.2, 0.25) is 0 Å². The lowest BCUT2D eigenvalue weighted by atomic mass is 10.1. The van der Waals surface area contributed by atoms with Crippen LogP contribution in [0.4, 0.5) is 0 Å². The molecule has 2 N–H and O–H groups in total. The molecule has 0 aliphatic heterocycles. The van der Waals surface area contributed by atoms with Crippen LogP contribution in [0.5, 0.6) is 0 Å². The Hall–Kier alpha value is -0.900. The van der Waals surface area contributed by atoms with E-state index in [1.807, 2.05) is 13.8 Å². The van der Waals surface area contributed by atoms with Gasteiger partial charge < -0.3 is 10.5 Å². The quantitative estimate of drug-likeness (QED) is 0.882. The predicted octanol–water partition coefficient (Wildman–Crippen LogP) is 3.33. The lowest BCUT2D eigenvalue weighted by molar-refractivity contribution is 0.0686. The number of thiophene rings is 1. The van der Waals surface area contributed by atoms with E-state index in [4.69, 9.17) is 10.5 Å². The zero-order valence-electron chi connectivity index (χ0n) is 9.64. The van der Waals surface area contributed by atoms with Crippen LogP contribution < -0.4 is 5.73 Å². The minimum atomic E-state index is -0.0291. The van der Waals surface area contributed by atoms with Crippen molar-refractivity contribution in [3.05, 3.63) is 35.2 Å². The molecule has 0 saturated carbocycles. The predicted molar refractivity (Wildman–Crippen MR) is 69.8 cm³/mol. The monoisotopic (exact) mass is 235 g/mol. The van der Waals surface area contributed by atoms with Gasteiger partial charge in [0.05, 0.1) is 18.8 Å². The zero-order chi connectivity index (χ0) is 11.5. The van der Waals surface area contributed by atoms with Crippen molar-refractivity contribution in [1.29, 1.82) is 0 Å². The van der Waals surface area contributed by atoms with E-state index in [9.17, 15) is 0 Å². The molecule has 2 rings (SSSR count). The number of ether oxygens (including phenoxy) is 1. The van der Waals surface area contributed by atoms with Gasteiger partial charge in [-0.25, -0.2) is 0 Å². The molecule has 0 spiro atoms. The third-order valence-electron chi connectivity index (χ3n) is 2.52. The van der Waals surface area contributed by atoms with Crippen LogP contribution in [0.25, 0.3) is 10.1 Å². The van der Waals surface area contributed by atoms with Gasteiger partial charge in [0.25, 0.3) is 0 Å². The minimum absolute atomic E-state index is 0.0291. The van der Waals surface area contributed by atoms with Crippen LogP contribution in [0.1, 0.15) is 25.5 Å². The Balaban J connectivity index is 2.19. The van der Waals surface area contributed by atoms with Crippen molar-refractivity contribution in [3.8, 4) is 0 Å². The maximum Gasteiger partial charge on any atom is 0.0663 e. The summed E-state index contributed by atoms with van der Waals surface area (Å²) < 4.78 is 6.85. The van der Waals surface area contributed by atoms with Gasteiger partial charge >= 0.3 is 0 Å². The van der Waals surface area contributed by atoms with Gasteiger partial charge in [-0.05, 0) is 36.2 Å². The number of fused-ring (bicyclic) bond motifs is 1. The summed E-state index contributed by atoms with van der Waals surface area (Å²) in [6.45, 7) is 4.63. The van der Waals surface area contributed by atoms with Gasteiger partial charge in [-0.15, -0.1) is 11.3 Å². The average molecular weight is 235 g/mol. The average Bonchev–Trinajstić information content (AvgIpc) is 2.69. The first kappa shape index (κ1) is 11.6. The molecule has 2 aromatic rings. The van der Waals surface area contributed by atoms with Gasteiger partial charge in [-0.1, -0.05) is 18.2 Å². The van der Waals surface area contributed by atoms with E-state index in [1.54, 1.807) is 11.3 Å². The normalized spacial score (nSPS) is 13.5. The molecule has 0 amide bonds. The van der Waals surface area contributed by atoms with E-state index in [2.05, 4.69) is 29.6 Å². The van der Waals surface area contributed by atoms with Crippen LogP contribution in [0.3, 0.4) is 0 Å². The highest BCUT2D eigenvalue weighted by Gasteiger charge is 2.12. The summed E-state index contributed by atoms with van der Waals surface area (Å²) in [4.78, 5) is 0. The fourth-order valence-electron chi connectivity index (χ4n) is 1.67. The molecule has 1 unspecified atom stereocenters. The van der Waals surface area contributed by atoms with Gasteiger partial charge in [0, 0.05) is 4.70 Å². The molecule has 1 atom stereocenters. The molecule has 0 aliphatic rings. The summed E-state index contributed by atoms with van der Waals surface area (Å²) in [6, 6.07) is 8.32. The molecule has 1 aromatic heterocycles. The third-order valence-corrected chi connectivity index (χ3v) is 3.50. The van der Waals surface area contributed by atoms with E-state index < -0.39 is 0 Å². The number of rotatable bonds is 4. The molecule has 86 valence electrons. The highest BCUT2D eigenvalue weighted by Crippen LogP contribution is 2.29. The maximum absolute atomic E-state index is 6.14. The fourth-order valence-corrected chi connectivity index (χ4v) is 2.70. The van der Waals surface area contributed by atoms with Crippen molar-refractivity contribution in [2.24, 2.45) is 5.73 Å². The highest BCUT2D eigenvalue weighted by molar-refractivity contribution is 7.17. The van der Waals surface area contributed by atoms with Crippen LogP contribution in [0.2, 0.25) is 0 Å². The second-order valence-electron chi connectivity index (χ2n) is 4.18. The Labute approximate surface area is 100 Å². The molecule has 2 nitrogen and oxygen atoms in total. The Morgan fingerprint density at radius 1 is 1.31 bits per heavy atom. The number of nitrogens with two attached hydrogens (primary N) is 1. The Morgan fingerprint density at radius 2 is 2.06 bits per heavy atom. The molecule has 0 bridgehead atoms. The Kier molecular flexibility index (Phi) is 3.59. The highest BCUT2D eigenvalue weighted by atomic mass is 32.1. The fraction of sp³-hybridized carbons (Fsp3) is 0.385. The Morgan fingerprint density at radius 3 is 2.81 bits per heavy atom. The summed E-state index contributed by atoms with van der Waals surface area (Å²) in [5.74, 6) is 0. The SMILES string of the molecule is CC(C)OCC(N)c1csc2ccccc12. The van der Waals surface area contributed by atoms with Gasteiger partial charge in [0.1, 0.15) is 0 Å². The molecule has 1 aromatic carbocycles. The second kappa shape index (κ2) is 4.95. The first-order valence-electron chi connectivity index (χ1n) is 5.52. The van der Waals surface area contributed by atoms with Crippen LogP contribution in [-0.4, -0.2) is 12.7 Å². The zero-order valence-corrected chi connectivity index (χ0v) is 10.5. The first-order chi connectivity index (χ1) is 7.68. The first-order valence-corrected chi connectivity index (χ1v) is 6.39. The van der Waals surface area contributed by atoms with E-state index in [-0.39, 0.29) is 12.1 Å². The van der Waals surface area contributed by atoms with Crippen molar-refractivity contribution in [3.63, 3.8) is 0 Å². The molecule has 0 radical (unpaired) electrons. The summed E-state index contributed by atoms with van der Waals surface area (Å²) in [7, 11) is 0. The van der Waals surface area contributed by atoms with E-state index in [0.717, 1.165) is 0 Å². The van der Waals surface area contributed by atoms with Gasteiger partial charge in [0.15, 0.2) is 0 Å². The lowest BCUT2D eigenvalue weighted by Gasteiger charge is -2.13. The lowest BCUT2D eigenvalue weighted by Crippen LogP contribution is -2.19. The van der Waals surface area contributed by atoms with Gasteiger partial charge in [-0.2, -0.15) is 0 Å². The molecule has 16 heavy (non-hydrogen) atoms. The van der Waals surface area contributed by atoms with Crippen molar-refractivity contribution >= 4 is 21.4 Å².